The number of carbonyl (C=O) groups excluding carboxylic acids is 1. The van der Waals surface area contributed by atoms with Gasteiger partial charge < -0.3 is 5.32 Å². The molecule has 3 heteroatoms. The third-order valence-corrected chi connectivity index (χ3v) is 6.79. The van der Waals surface area contributed by atoms with Gasteiger partial charge in [-0.05, 0) is 67.4 Å². The zero-order valence-corrected chi connectivity index (χ0v) is 16.8. The van der Waals surface area contributed by atoms with E-state index in [4.69, 9.17) is 0 Å². The van der Waals surface area contributed by atoms with E-state index in [9.17, 15) is 4.79 Å². The molecule has 0 aromatic rings. The number of nitrogens with zero attached hydrogens (tertiary/aromatic N) is 1. The minimum atomic E-state index is 0.179. The van der Waals surface area contributed by atoms with Crippen LogP contribution in [0.1, 0.15) is 74.1 Å². The van der Waals surface area contributed by atoms with Crippen molar-refractivity contribution in [2.24, 2.45) is 27.7 Å². The average molecular weight is 333 g/mol. The molecule has 0 atom stereocenters. The summed E-state index contributed by atoms with van der Waals surface area (Å²) < 4.78 is 0. The highest BCUT2D eigenvalue weighted by atomic mass is 16.1. The fourth-order valence-electron chi connectivity index (χ4n) is 4.92. The van der Waals surface area contributed by atoms with E-state index in [1.165, 1.54) is 11.1 Å². The summed E-state index contributed by atoms with van der Waals surface area (Å²) in [7, 11) is 0. The summed E-state index contributed by atoms with van der Waals surface area (Å²) in [5.41, 5.74) is 4.26. The standard InChI is InChI=1S/C21H36N2O/c1-14(2)21(20(5,6)7)10-8-17(9-11-21)19(24)23-13-18-15(3)12-22-16(18)4/h14,17H,8-13H2,1-7H3,(H,23,24). The Hall–Kier alpha value is -1.12. The van der Waals surface area contributed by atoms with Crippen LogP contribution in [0.2, 0.25) is 0 Å². The molecule has 0 spiro atoms. The quantitative estimate of drug-likeness (QED) is 0.791. The molecule has 2 rings (SSSR count). The lowest BCUT2D eigenvalue weighted by molar-refractivity contribution is -0.128. The van der Waals surface area contributed by atoms with Gasteiger partial charge in [0.05, 0.1) is 6.54 Å². The zero-order valence-electron chi connectivity index (χ0n) is 16.8. The summed E-state index contributed by atoms with van der Waals surface area (Å²) in [4.78, 5) is 17.1. The second kappa shape index (κ2) is 7.01. The first kappa shape index (κ1) is 19.2. The Labute approximate surface area is 148 Å². The number of rotatable bonds is 4. The fraction of sp³-hybridized carbons (Fsp3) is 0.810. The molecular formula is C21H36N2O. The highest BCUT2D eigenvalue weighted by Gasteiger charge is 2.47. The molecule has 1 amide bonds. The summed E-state index contributed by atoms with van der Waals surface area (Å²) in [6.07, 6.45) is 4.36. The summed E-state index contributed by atoms with van der Waals surface area (Å²) in [5, 5.41) is 3.17. The predicted molar refractivity (Wildman–Crippen MR) is 102 cm³/mol. The van der Waals surface area contributed by atoms with E-state index in [1.807, 2.05) is 6.92 Å². The van der Waals surface area contributed by atoms with Crippen LogP contribution in [0.15, 0.2) is 16.1 Å². The van der Waals surface area contributed by atoms with Crippen molar-refractivity contribution in [3.8, 4) is 0 Å². The van der Waals surface area contributed by atoms with Gasteiger partial charge in [-0.25, -0.2) is 0 Å². The molecule has 0 radical (unpaired) electrons. The van der Waals surface area contributed by atoms with Crippen LogP contribution in [-0.4, -0.2) is 24.7 Å². The fourth-order valence-corrected chi connectivity index (χ4v) is 4.92. The van der Waals surface area contributed by atoms with Crippen molar-refractivity contribution in [2.45, 2.75) is 74.1 Å². The van der Waals surface area contributed by atoms with E-state index >= 15 is 0 Å². The first-order chi connectivity index (χ1) is 11.1. The zero-order chi connectivity index (χ0) is 18.1. The maximum absolute atomic E-state index is 12.6. The molecular weight excluding hydrogens is 296 g/mol. The molecule has 0 saturated heterocycles. The molecule has 1 aliphatic carbocycles. The van der Waals surface area contributed by atoms with Crippen LogP contribution in [0, 0.1) is 22.7 Å². The third-order valence-electron chi connectivity index (χ3n) is 6.79. The minimum Gasteiger partial charge on any atom is -0.352 e. The summed E-state index contributed by atoms with van der Waals surface area (Å²) in [6.45, 7) is 17.4. The Bertz CT molecular complexity index is 541. The molecule has 0 bridgehead atoms. The molecule has 1 aliphatic heterocycles. The molecule has 1 saturated carbocycles. The maximum atomic E-state index is 12.6. The van der Waals surface area contributed by atoms with Gasteiger partial charge in [-0.3, -0.25) is 9.79 Å². The minimum absolute atomic E-state index is 0.179. The lowest BCUT2D eigenvalue weighted by Gasteiger charge is -2.52. The van der Waals surface area contributed by atoms with Crippen LogP contribution < -0.4 is 5.32 Å². The van der Waals surface area contributed by atoms with Crippen LogP contribution in [0.3, 0.4) is 0 Å². The smallest absolute Gasteiger partial charge is 0.223 e. The molecule has 0 aromatic carbocycles. The van der Waals surface area contributed by atoms with Crippen LogP contribution in [0.4, 0.5) is 0 Å². The van der Waals surface area contributed by atoms with Crippen LogP contribution >= 0.6 is 0 Å². The molecule has 0 aromatic heterocycles. The number of hydrogen-bond acceptors (Lipinski definition) is 2. The van der Waals surface area contributed by atoms with Crippen molar-refractivity contribution in [3.63, 3.8) is 0 Å². The van der Waals surface area contributed by atoms with Crippen LogP contribution in [0.25, 0.3) is 0 Å². The highest BCUT2D eigenvalue weighted by molar-refractivity contribution is 6.01. The molecule has 1 heterocycles. The van der Waals surface area contributed by atoms with Crippen molar-refractivity contribution in [2.75, 3.05) is 13.1 Å². The molecule has 1 fully saturated rings. The highest BCUT2D eigenvalue weighted by Crippen LogP contribution is 2.55. The van der Waals surface area contributed by atoms with Gasteiger partial charge in [0.1, 0.15) is 0 Å². The Kier molecular flexibility index (Phi) is 5.61. The van der Waals surface area contributed by atoms with Crippen molar-refractivity contribution >= 4 is 11.6 Å². The molecule has 24 heavy (non-hydrogen) atoms. The largest absolute Gasteiger partial charge is 0.352 e. The van der Waals surface area contributed by atoms with Crippen LogP contribution in [-0.2, 0) is 4.79 Å². The van der Waals surface area contributed by atoms with Crippen LogP contribution in [0.5, 0.6) is 0 Å². The Morgan fingerprint density at radius 3 is 2.25 bits per heavy atom. The number of aliphatic imine (C=N–C) groups is 1. The lowest BCUT2D eigenvalue weighted by atomic mass is 9.53. The molecule has 136 valence electrons. The van der Waals surface area contributed by atoms with E-state index in [0.717, 1.165) is 37.9 Å². The first-order valence-corrected chi connectivity index (χ1v) is 9.56. The van der Waals surface area contributed by atoms with Gasteiger partial charge in [-0.15, -0.1) is 0 Å². The molecule has 0 unspecified atom stereocenters. The van der Waals surface area contributed by atoms with Crippen molar-refractivity contribution in [3.05, 3.63) is 11.1 Å². The number of hydrogen-bond donors (Lipinski definition) is 1. The number of nitrogens with one attached hydrogen (secondary N) is 1. The molecule has 1 N–H and O–H groups in total. The van der Waals surface area contributed by atoms with E-state index < -0.39 is 0 Å². The molecule has 3 nitrogen and oxygen atoms in total. The Morgan fingerprint density at radius 1 is 1.25 bits per heavy atom. The SMILES string of the molecule is CC1=NCC(C)=C1CNC(=O)C1CCC(C(C)C)(C(C)(C)C)CC1. The maximum Gasteiger partial charge on any atom is 0.223 e. The monoisotopic (exact) mass is 332 g/mol. The Morgan fingerprint density at radius 2 is 1.83 bits per heavy atom. The van der Waals surface area contributed by atoms with Gasteiger partial charge in [-0.2, -0.15) is 0 Å². The summed E-state index contributed by atoms with van der Waals surface area (Å²) in [6, 6.07) is 0. The predicted octanol–water partition coefficient (Wildman–Crippen LogP) is 4.77. The van der Waals surface area contributed by atoms with Gasteiger partial charge in [0.25, 0.3) is 0 Å². The topological polar surface area (TPSA) is 41.5 Å². The number of amides is 1. The first-order valence-electron chi connectivity index (χ1n) is 9.56. The Balaban J connectivity index is 1.93. The van der Waals surface area contributed by atoms with Gasteiger partial charge >= 0.3 is 0 Å². The van der Waals surface area contributed by atoms with E-state index in [-0.39, 0.29) is 11.8 Å². The van der Waals surface area contributed by atoms with Gasteiger partial charge in [0, 0.05) is 18.2 Å². The van der Waals surface area contributed by atoms with Crippen molar-refractivity contribution in [1.82, 2.24) is 5.32 Å². The number of carbonyl (C=O) groups is 1. The van der Waals surface area contributed by atoms with Gasteiger partial charge in [0.2, 0.25) is 5.91 Å². The van der Waals surface area contributed by atoms with Gasteiger partial charge in [-0.1, -0.05) is 34.6 Å². The molecule has 2 aliphatic rings. The summed E-state index contributed by atoms with van der Waals surface area (Å²) >= 11 is 0. The third kappa shape index (κ3) is 3.60. The second-order valence-electron chi connectivity index (χ2n) is 9.21. The van der Waals surface area contributed by atoms with Gasteiger partial charge in [0.15, 0.2) is 0 Å². The van der Waals surface area contributed by atoms with Crippen molar-refractivity contribution < 1.29 is 4.79 Å². The van der Waals surface area contributed by atoms with E-state index in [1.54, 1.807) is 0 Å². The van der Waals surface area contributed by atoms with E-state index in [0.29, 0.717) is 23.3 Å². The second-order valence-corrected chi connectivity index (χ2v) is 9.21. The normalized spacial score (nSPS) is 28.3. The van der Waals surface area contributed by atoms with E-state index in [2.05, 4.69) is 51.9 Å². The van der Waals surface area contributed by atoms with Crippen molar-refractivity contribution in [1.29, 1.82) is 0 Å². The summed E-state index contributed by atoms with van der Waals surface area (Å²) in [5.74, 6) is 1.08. The lowest BCUT2D eigenvalue weighted by Crippen LogP contribution is -2.45. The average Bonchev–Trinajstić information content (AvgIpc) is 2.82.